The predicted octanol–water partition coefficient (Wildman–Crippen LogP) is 0.912. The molecule has 1 fully saturated rings. The van der Waals surface area contributed by atoms with Crippen LogP contribution in [0.3, 0.4) is 0 Å². The minimum Gasteiger partial charge on any atom is -0.309 e. The van der Waals surface area contributed by atoms with Crippen LogP contribution in [0.4, 0.5) is 5.69 Å². The molecule has 0 aromatic carbocycles. The highest BCUT2D eigenvalue weighted by atomic mass is 16.7. The molecule has 0 spiro atoms. The molecule has 1 atom stereocenters. The summed E-state index contributed by atoms with van der Waals surface area (Å²) < 4.78 is 1.82. The topological polar surface area (TPSA) is 67.7 Å². The Morgan fingerprint density at radius 3 is 2.90 bits per heavy atom. The number of carbonyl (C=O) groups excluding carboxylic acids is 2. The standard InChI is InChI=1S/C14H22N4O3/c1-10(2)7-17-9-12(6-15-17)18-8-11(5-13(18)19)14(20)16(3)21-4/h6,9-11H,5,7-8H2,1-4H3/t11-/m0/s1. The van der Waals surface area contributed by atoms with Crippen molar-refractivity contribution in [1.82, 2.24) is 14.8 Å². The average Bonchev–Trinajstić information content (AvgIpc) is 3.02. The Morgan fingerprint density at radius 1 is 1.57 bits per heavy atom. The van der Waals surface area contributed by atoms with Crippen molar-refractivity contribution in [2.45, 2.75) is 26.8 Å². The fourth-order valence-electron chi connectivity index (χ4n) is 2.44. The van der Waals surface area contributed by atoms with E-state index in [9.17, 15) is 9.59 Å². The Hall–Kier alpha value is -1.89. The van der Waals surface area contributed by atoms with Gasteiger partial charge in [0.25, 0.3) is 5.91 Å². The minimum absolute atomic E-state index is 0.0537. The van der Waals surface area contributed by atoms with Gasteiger partial charge >= 0.3 is 0 Å². The number of hydroxylamine groups is 2. The van der Waals surface area contributed by atoms with E-state index in [-0.39, 0.29) is 24.2 Å². The number of carbonyl (C=O) groups is 2. The number of amides is 2. The molecule has 21 heavy (non-hydrogen) atoms. The molecule has 1 aliphatic heterocycles. The van der Waals surface area contributed by atoms with E-state index >= 15 is 0 Å². The van der Waals surface area contributed by atoms with E-state index in [1.165, 1.54) is 12.2 Å². The second kappa shape index (κ2) is 6.26. The lowest BCUT2D eigenvalue weighted by Crippen LogP contribution is -2.33. The number of rotatable bonds is 5. The number of aromatic nitrogens is 2. The van der Waals surface area contributed by atoms with Gasteiger partial charge in [-0.15, -0.1) is 0 Å². The predicted molar refractivity (Wildman–Crippen MR) is 77.3 cm³/mol. The highest BCUT2D eigenvalue weighted by Gasteiger charge is 2.37. The Bertz CT molecular complexity index is 526. The molecule has 116 valence electrons. The maximum absolute atomic E-state index is 12.1. The number of nitrogens with zero attached hydrogens (tertiary/aromatic N) is 4. The molecule has 2 heterocycles. The highest BCUT2D eigenvalue weighted by molar-refractivity contribution is 5.99. The maximum Gasteiger partial charge on any atom is 0.251 e. The second-order valence-corrected chi connectivity index (χ2v) is 5.74. The van der Waals surface area contributed by atoms with Crippen molar-refractivity contribution >= 4 is 17.5 Å². The maximum atomic E-state index is 12.1. The van der Waals surface area contributed by atoms with Crippen molar-refractivity contribution in [2.75, 3.05) is 25.6 Å². The fourth-order valence-corrected chi connectivity index (χ4v) is 2.44. The van der Waals surface area contributed by atoms with E-state index in [4.69, 9.17) is 4.84 Å². The Kier molecular flexibility index (Phi) is 4.62. The number of anilines is 1. The molecule has 1 aromatic rings. The zero-order chi connectivity index (χ0) is 15.6. The molecule has 0 aliphatic carbocycles. The van der Waals surface area contributed by atoms with Crippen LogP contribution in [0.15, 0.2) is 12.4 Å². The number of hydrogen-bond donors (Lipinski definition) is 0. The lowest BCUT2D eigenvalue weighted by atomic mass is 10.1. The zero-order valence-corrected chi connectivity index (χ0v) is 12.9. The second-order valence-electron chi connectivity index (χ2n) is 5.74. The van der Waals surface area contributed by atoms with E-state index in [2.05, 4.69) is 18.9 Å². The normalized spacial score (nSPS) is 18.6. The third kappa shape index (κ3) is 3.41. The Balaban J connectivity index is 2.06. The molecule has 1 saturated heterocycles. The van der Waals surface area contributed by atoms with Gasteiger partial charge in [0.05, 0.1) is 24.9 Å². The van der Waals surface area contributed by atoms with Crippen molar-refractivity contribution in [1.29, 1.82) is 0 Å². The lowest BCUT2D eigenvalue weighted by Gasteiger charge is -2.18. The summed E-state index contributed by atoms with van der Waals surface area (Å²) in [4.78, 5) is 30.7. The lowest BCUT2D eigenvalue weighted by molar-refractivity contribution is -0.172. The van der Waals surface area contributed by atoms with Gasteiger partial charge in [0.2, 0.25) is 5.91 Å². The van der Waals surface area contributed by atoms with Crippen molar-refractivity contribution < 1.29 is 14.4 Å². The molecule has 2 rings (SSSR count). The average molecular weight is 294 g/mol. The van der Waals surface area contributed by atoms with Crippen molar-refractivity contribution in [3.8, 4) is 0 Å². The first-order valence-corrected chi connectivity index (χ1v) is 7.06. The molecule has 0 N–H and O–H groups in total. The van der Waals surface area contributed by atoms with E-state index in [1.54, 1.807) is 18.1 Å². The molecule has 2 amide bonds. The van der Waals surface area contributed by atoms with Crippen LogP contribution in [-0.2, 0) is 21.0 Å². The van der Waals surface area contributed by atoms with Crippen LogP contribution < -0.4 is 4.90 Å². The van der Waals surface area contributed by atoms with Crippen LogP contribution >= 0.6 is 0 Å². The minimum atomic E-state index is -0.365. The van der Waals surface area contributed by atoms with E-state index in [0.29, 0.717) is 12.5 Å². The smallest absolute Gasteiger partial charge is 0.251 e. The van der Waals surface area contributed by atoms with Gasteiger partial charge in [-0.3, -0.25) is 19.1 Å². The summed E-state index contributed by atoms with van der Waals surface area (Å²) in [6, 6.07) is 0. The molecular weight excluding hydrogens is 272 g/mol. The third-order valence-electron chi connectivity index (χ3n) is 3.54. The summed E-state index contributed by atoms with van der Waals surface area (Å²) >= 11 is 0. The third-order valence-corrected chi connectivity index (χ3v) is 3.54. The Labute approximate surface area is 124 Å². The van der Waals surface area contributed by atoms with E-state index < -0.39 is 0 Å². The van der Waals surface area contributed by atoms with E-state index in [0.717, 1.165) is 12.2 Å². The quantitative estimate of drug-likeness (QED) is 0.757. The van der Waals surface area contributed by atoms with Crippen LogP contribution in [0.5, 0.6) is 0 Å². The first-order chi connectivity index (χ1) is 9.92. The monoisotopic (exact) mass is 294 g/mol. The summed E-state index contributed by atoms with van der Waals surface area (Å²) in [5.74, 6) is -0.113. The summed E-state index contributed by atoms with van der Waals surface area (Å²) in [7, 11) is 2.98. The molecule has 7 nitrogen and oxygen atoms in total. The van der Waals surface area contributed by atoms with Crippen LogP contribution in [0.2, 0.25) is 0 Å². The molecule has 7 heteroatoms. The molecule has 0 radical (unpaired) electrons. The van der Waals surface area contributed by atoms with Crippen molar-refractivity contribution in [2.24, 2.45) is 11.8 Å². The zero-order valence-electron chi connectivity index (χ0n) is 12.9. The summed E-state index contributed by atoms with van der Waals surface area (Å²) in [5.41, 5.74) is 0.746. The molecule has 0 bridgehead atoms. The number of hydrogen-bond acceptors (Lipinski definition) is 4. The Morgan fingerprint density at radius 2 is 2.29 bits per heavy atom. The highest BCUT2D eigenvalue weighted by Crippen LogP contribution is 2.26. The molecular formula is C14H22N4O3. The SMILES string of the molecule is CON(C)C(=O)[C@H]1CC(=O)N(c2cnn(CC(C)C)c2)C1. The van der Waals surface area contributed by atoms with Gasteiger partial charge < -0.3 is 4.90 Å². The van der Waals surface area contributed by atoms with Crippen LogP contribution in [0.25, 0.3) is 0 Å². The van der Waals surface area contributed by atoms with E-state index in [1.807, 2.05) is 10.9 Å². The van der Waals surface area contributed by atoms with Gasteiger partial charge in [-0.25, -0.2) is 5.06 Å². The summed E-state index contributed by atoms with van der Waals surface area (Å²) in [6.07, 6.45) is 3.74. The van der Waals surface area contributed by atoms with Gasteiger partial charge in [0, 0.05) is 32.8 Å². The summed E-state index contributed by atoms with van der Waals surface area (Å²) in [6.45, 7) is 5.39. The molecule has 0 saturated carbocycles. The van der Waals surface area contributed by atoms with Gasteiger partial charge in [0.1, 0.15) is 0 Å². The van der Waals surface area contributed by atoms with Crippen LogP contribution in [0, 0.1) is 11.8 Å². The molecule has 1 aromatic heterocycles. The first-order valence-electron chi connectivity index (χ1n) is 7.06. The van der Waals surface area contributed by atoms with Gasteiger partial charge in [0.15, 0.2) is 0 Å². The van der Waals surface area contributed by atoms with Crippen LogP contribution in [-0.4, -0.2) is 47.4 Å². The van der Waals surface area contributed by atoms with Crippen molar-refractivity contribution in [3.63, 3.8) is 0 Å². The summed E-state index contributed by atoms with van der Waals surface area (Å²) in [5, 5.41) is 5.43. The van der Waals surface area contributed by atoms with Crippen molar-refractivity contribution in [3.05, 3.63) is 12.4 Å². The van der Waals surface area contributed by atoms with Gasteiger partial charge in [-0.05, 0) is 5.92 Å². The van der Waals surface area contributed by atoms with Gasteiger partial charge in [-0.1, -0.05) is 13.8 Å². The molecule has 0 unspecified atom stereocenters. The fraction of sp³-hybridized carbons (Fsp3) is 0.643. The van der Waals surface area contributed by atoms with Crippen LogP contribution in [0.1, 0.15) is 20.3 Å². The largest absolute Gasteiger partial charge is 0.309 e. The first kappa shape index (κ1) is 15.5. The molecule has 1 aliphatic rings. The van der Waals surface area contributed by atoms with Gasteiger partial charge in [-0.2, -0.15) is 5.10 Å².